The fourth-order valence-corrected chi connectivity index (χ4v) is 2.20. The number of nitrogens with zero attached hydrogens (tertiary/aromatic N) is 1. The van der Waals surface area contributed by atoms with Gasteiger partial charge in [0.05, 0.1) is 5.60 Å². The van der Waals surface area contributed by atoms with Crippen LogP contribution in [0.1, 0.15) is 24.1 Å². The van der Waals surface area contributed by atoms with Crippen molar-refractivity contribution in [3.63, 3.8) is 0 Å². The zero-order valence-corrected chi connectivity index (χ0v) is 9.16. The number of pyridine rings is 1. The smallest absolute Gasteiger partial charge is 0.0812 e. The Kier molecular flexibility index (Phi) is 3.03. The number of nitrogens with one attached hydrogen (secondary N) is 1. The third-order valence-electron chi connectivity index (χ3n) is 2.94. The van der Waals surface area contributed by atoms with Gasteiger partial charge < -0.3 is 10.4 Å². The number of piperidine rings is 1. The van der Waals surface area contributed by atoms with Gasteiger partial charge in [0.15, 0.2) is 0 Å². The van der Waals surface area contributed by atoms with E-state index in [1.165, 1.54) is 5.56 Å². The van der Waals surface area contributed by atoms with E-state index in [9.17, 15) is 5.11 Å². The number of aliphatic hydroxyl groups is 1. The van der Waals surface area contributed by atoms with E-state index < -0.39 is 5.60 Å². The van der Waals surface area contributed by atoms with Gasteiger partial charge in [0, 0.05) is 24.9 Å². The summed E-state index contributed by atoms with van der Waals surface area (Å²) in [7, 11) is 0. The van der Waals surface area contributed by atoms with Crippen molar-refractivity contribution in [3.8, 4) is 0 Å². The molecular weight excluding hydrogens is 188 g/mol. The first kappa shape index (κ1) is 10.6. The Hall–Kier alpha value is -0.930. The summed E-state index contributed by atoms with van der Waals surface area (Å²) in [6, 6.07) is 4.03. The van der Waals surface area contributed by atoms with Crippen LogP contribution in [-0.4, -0.2) is 28.8 Å². The van der Waals surface area contributed by atoms with Crippen molar-refractivity contribution >= 4 is 0 Å². The molecule has 3 nitrogen and oxygen atoms in total. The van der Waals surface area contributed by atoms with Crippen LogP contribution in [0, 0.1) is 6.92 Å². The molecule has 3 heteroatoms. The average molecular weight is 206 g/mol. The van der Waals surface area contributed by atoms with Crippen LogP contribution in [0.4, 0.5) is 0 Å². The van der Waals surface area contributed by atoms with E-state index >= 15 is 0 Å². The highest BCUT2D eigenvalue weighted by molar-refractivity contribution is 5.18. The molecule has 1 aromatic rings. The first-order chi connectivity index (χ1) is 7.18. The maximum atomic E-state index is 10.3. The normalized spacial score (nSPS) is 26.5. The van der Waals surface area contributed by atoms with E-state index in [4.69, 9.17) is 0 Å². The summed E-state index contributed by atoms with van der Waals surface area (Å²) in [6.45, 7) is 3.71. The van der Waals surface area contributed by atoms with E-state index in [-0.39, 0.29) is 0 Å². The van der Waals surface area contributed by atoms with Crippen LogP contribution < -0.4 is 5.32 Å². The second kappa shape index (κ2) is 4.29. The summed E-state index contributed by atoms with van der Waals surface area (Å²) in [5.41, 5.74) is 1.63. The van der Waals surface area contributed by atoms with Crippen LogP contribution >= 0.6 is 0 Å². The van der Waals surface area contributed by atoms with E-state index in [1.807, 2.05) is 25.3 Å². The Morgan fingerprint density at radius 3 is 3.13 bits per heavy atom. The Balaban J connectivity index is 2.06. The Morgan fingerprint density at radius 2 is 2.47 bits per heavy atom. The number of hydrogen-bond acceptors (Lipinski definition) is 3. The van der Waals surface area contributed by atoms with Gasteiger partial charge in [0.1, 0.15) is 0 Å². The van der Waals surface area contributed by atoms with Crippen LogP contribution in [-0.2, 0) is 6.42 Å². The van der Waals surface area contributed by atoms with Crippen molar-refractivity contribution in [3.05, 3.63) is 29.6 Å². The predicted octanol–water partition coefficient (Wildman–Crippen LogP) is 1.05. The zero-order chi connectivity index (χ0) is 10.7. The summed E-state index contributed by atoms with van der Waals surface area (Å²) in [5.74, 6) is 0. The van der Waals surface area contributed by atoms with Gasteiger partial charge in [-0.25, -0.2) is 0 Å². The third-order valence-corrected chi connectivity index (χ3v) is 2.94. The maximum Gasteiger partial charge on any atom is 0.0812 e. The van der Waals surface area contributed by atoms with Crippen LogP contribution in [0.3, 0.4) is 0 Å². The molecule has 1 fully saturated rings. The van der Waals surface area contributed by atoms with Gasteiger partial charge in [-0.15, -0.1) is 0 Å². The molecule has 2 rings (SSSR count). The molecule has 0 spiro atoms. The minimum atomic E-state index is -0.563. The second-order valence-corrected chi connectivity index (χ2v) is 4.49. The Bertz CT molecular complexity index is 332. The summed E-state index contributed by atoms with van der Waals surface area (Å²) in [6.07, 6.45) is 4.48. The summed E-state index contributed by atoms with van der Waals surface area (Å²) in [4.78, 5) is 4.16. The van der Waals surface area contributed by atoms with E-state index in [1.54, 1.807) is 0 Å². The topological polar surface area (TPSA) is 45.1 Å². The minimum Gasteiger partial charge on any atom is -0.388 e. The molecule has 0 aliphatic carbocycles. The molecule has 0 saturated carbocycles. The molecule has 1 aliphatic heterocycles. The van der Waals surface area contributed by atoms with Crippen molar-refractivity contribution in [1.29, 1.82) is 0 Å². The summed E-state index contributed by atoms with van der Waals surface area (Å²) in [5, 5.41) is 13.6. The molecule has 1 atom stereocenters. The van der Waals surface area contributed by atoms with Gasteiger partial charge >= 0.3 is 0 Å². The molecule has 1 unspecified atom stereocenters. The maximum absolute atomic E-state index is 10.3. The Morgan fingerprint density at radius 1 is 1.60 bits per heavy atom. The lowest BCUT2D eigenvalue weighted by Crippen LogP contribution is -2.47. The van der Waals surface area contributed by atoms with Gasteiger partial charge in [-0.2, -0.15) is 0 Å². The number of hydrogen-bond donors (Lipinski definition) is 2. The SMILES string of the molecule is Cc1cc(CC2(O)CCCNC2)ccn1. The molecule has 2 N–H and O–H groups in total. The zero-order valence-electron chi connectivity index (χ0n) is 9.16. The number of aromatic nitrogens is 1. The fourth-order valence-electron chi connectivity index (χ4n) is 2.20. The van der Waals surface area contributed by atoms with Crippen molar-refractivity contribution in [2.24, 2.45) is 0 Å². The van der Waals surface area contributed by atoms with Crippen molar-refractivity contribution in [2.45, 2.75) is 31.8 Å². The highest BCUT2D eigenvalue weighted by atomic mass is 16.3. The van der Waals surface area contributed by atoms with Crippen molar-refractivity contribution in [2.75, 3.05) is 13.1 Å². The van der Waals surface area contributed by atoms with Gasteiger partial charge in [-0.1, -0.05) is 0 Å². The van der Waals surface area contributed by atoms with Crippen LogP contribution in [0.5, 0.6) is 0 Å². The van der Waals surface area contributed by atoms with E-state index in [2.05, 4.69) is 10.3 Å². The summed E-state index contributed by atoms with van der Waals surface area (Å²) >= 11 is 0. The third kappa shape index (κ3) is 2.76. The largest absolute Gasteiger partial charge is 0.388 e. The standard InChI is InChI=1S/C12H18N2O/c1-10-7-11(3-6-14-10)8-12(15)4-2-5-13-9-12/h3,6-7,13,15H,2,4-5,8-9H2,1H3. The molecular formula is C12H18N2O. The molecule has 0 bridgehead atoms. The van der Waals surface area contributed by atoms with Crippen LogP contribution in [0.25, 0.3) is 0 Å². The van der Waals surface area contributed by atoms with E-state index in [0.29, 0.717) is 6.54 Å². The lowest BCUT2D eigenvalue weighted by atomic mass is 9.88. The lowest BCUT2D eigenvalue weighted by molar-refractivity contribution is 0.0169. The lowest BCUT2D eigenvalue weighted by Gasteiger charge is -2.32. The molecule has 0 amide bonds. The quantitative estimate of drug-likeness (QED) is 0.760. The van der Waals surface area contributed by atoms with Gasteiger partial charge in [0.2, 0.25) is 0 Å². The summed E-state index contributed by atoms with van der Waals surface area (Å²) < 4.78 is 0. The van der Waals surface area contributed by atoms with E-state index in [0.717, 1.165) is 31.5 Å². The molecule has 1 saturated heterocycles. The van der Waals surface area contributed by atoms with Gasteiger partial charge in [-0.3, -0.25) is 4.98 Å². The van der Waals surface area contributed by atoms with Crippen molar-refractivity contribution < 1.29 is 5.11 Å². The number of aryl methyl sites for hydroxylation is 1. The average Bonchev–Trinajstić information content (AvgIpc) is 2.18. The van der Waals surface area contributed by atoms with Crippen LogP contribution in [0.2, 0.25) is 0 Å². The highest BCUT2D eigenvalue weighted by Gasteiger charge is 2.29. The number of β-amino-alcohol motifs (C(OH)–C–C–N with tert-alkyl or cyclic N) is 1. The highest BCUT2D eigenvalue weighted by Crippen LogP contribution is 2.21. The predicted molar refractivity (Wildman–Crippen MR) is 59.7 cm³/mol. The molecule has 2 heterocycles. The monoisotopic (exact) mass is 206 g/mol. The van der Waals surface area contributed by atoms with Gasteiger partial charge in [-0.05, 0) is 44.0 Å². The minimum absolute atomic E-state index is 0.563. The first-order valence-corrected chi connectivity index (χ1v) is 5.53. The molecule has 1 aromatic heterocycles. The van der Waals surface area contributed by atoms with Crippen molar-refractivity contribution in [1.82, 2.24) is 10.3 Å². The molecule has 0 aromatic carbocycles. The fraction of sp³-hybridized carbons (Fsp3) is 0.583. The van der Waals surface area contributed by atoms with Gasteiger partial charge in [0.25, 0.3) is 0 Å². The first-order valence-electron chi connectivity index (χ1n) is 5.53. The molecule has 1 aliphatic rings. The second-order valence-electron chi connectivity index (χ2n) is 4.49. The van der Waals surface area contributed by atoms with Crippen LogP contribution in [0.15, 0.2) is 18.3 Å². The number of rotatable bonds is 2. The molecule has 82 valence electrons. The Labute approximate surface area is 90.5 Å². The molecule has 0 radical (unpaired) electrons. The molecule has 15 heavy (non-hydrogen) atoms.